The van der Waals surface area contributed by atoms with Crippen molar-refractivity contribution >= 4 is 40.9 Å². The maximum atomic E-state index is 13.5. The number of amides is 3. The lowest BCUT2D eigenvalue weighted by Crippen LogP contribution is -2.45. The Bertz CT molecular complexity index is 1340. The zero-order valence-corrected chi connectivity index (χ0v) is 20.0. The van der Waals surface area contributed by atoms with Gasteiger partial charge >= 0.3 is 6.03 Å². The monoisotopic (exact) mass is 510 g/mol. The molecule has 0 bridgehead atoms. The number of nitrogens with zero attached hydrogens (tertiary/aromatic N) is 3. The Balaban J connectivity index is 1.26. The van der Waals surface area contributed by atoms with E-state index in [1.165, 1.54) is 18.2 Å². The van der Waals surface area contributed by atoms with Crippen molar-refractivity contribution < 1.29 is 19.1 Å². The predicted molar refractivity (Wildman–Crippen MR) is 133 cm³/mol. The van der Waals surface area contributed by atoms with Gasteiger partial charge in [-0.2, -0.15) is 0 Å². The summed E-state index contributed by atoms with van der Waals surface area (Å²) in [6, 6.07) is 8.64. The number of aryl methyl sites for hydroxylation is 1. The number of benzene rings is 2. The Morgan fingerprint density at radius 3 is 2.86 bits per heavy atom. The number of aromatic nitrogens is 2. The zero-order chi connectivity index (χ0) is 25.2. The van der Waals surface area contributed by atoms with Gasteiger partial charge in [0.25, 0.3) is 0 Å². The number of nitrogens with one attached hydrogen (secondary N) is 3. The second-order valence-corrected chi connectivity index (χ2v) is 9.15. The molecule has 0 saturated carbocycles. The van der Waals surface area contributed by atoms with Crippen molar-refractivity contribution in [3.63, 3.8) is 0 Å². The second-order valence-electron chi connectivity index (χ2n) is 8.74. The number of anilines is 3. The Morgan fingerprint density at radius 1 is 1.19 bits per heavy atom. The molecule has 1 aromatic heterocycles. The molecule has 2 aromatic carbocycles. The molecule has 186 valence electrons. The van der Waals surface area contributed by atoms with Crippen molar-refractivity contribution in [3.05, 3.63) is 75.8 Å². The average Bonchev–Trinajstić information content (AvgIpc) is 2.88. The third-order valence-corrected chi connectivity index (χ3v) is 6.61. The predicted octanol–water partition coefficient (Wildman–Crippen LogP) is 3.70. The van der Waals surface area contributed by atoms with Crippen molar-refractivity contribution in [2.24, 2.45) is 0 Å². The van der Waals surface area contributed by atoms with Gasteiger partial charge in [-0.3, -0.25) is 4.79 Å². The molecule has 11 heteroatoms. The van der Waals surface area contributed by atoms with E-state index >= 15 is 0 Å². The Kier molecular flexibility index (Phi) is 6.71. The summed E-state index contributed by atoms with van der Waals surface area (Å²) in [4.78, 5) is 35.2. The smallest absolute Gasteiger partial charge is 0.318 e. The molecule has 2 aliphatic rings. The van der Waals surface area contributed by atoms with E-state index in [0.717, 1.165) is 28.2 Å². The summed E-state index contributed by atoms with van der Waals surface area (Å²) < 4.78 is 13.5. The van der Waals surface area contributed by atoms with E-state index < -0.39 is 11.9 Å². The fourth-order valence-corrected chi connectivity index (χ4v) is 4.52. The molecule has 0 radical (unpaired) electrons. The maximum Gasteiger partial charge on any atom is 0.318 e. The minimum Gasteiger partial charge on any atom is -0.394 e. The molecular weight excluding hydrogens is 487 g/mol. The highest BCUT2D eigenvalue weighted by Crippen LogP contribution is 2.27. The first-order valence-corrected chi connectivity index (χ1v) is 11.9. The number of aliphatic hydroxyl groups excluding tert-OH is 1. The summed E-state index contributed by atoms with van der Waals surface area (Å²) in [5.74, 6) is -0.145. The lowest BCUT2D eigenvalue weighted by molar-refractivity contribution is -0.116. The molecule has 3 aromatic rings. The van der Waals surface area contributed by atoms with Crippen LogP contribution in [0, 0.1) is 5.82 Å². The minimum atomic E-state index is -0.728. The van der Waals surface area contributed by atoms with Crippen LogP contribution in [0.3, 0.4) is 0 Å². The minimum absolute atomic E-state index is 0.0154. The molecule has 4 N–H and O–H groups in total. The highest BCUT2D eigenvalue weighted by Gasteiger charge is 2.25. The van der Waals surface area contributed by atoms with Crippen LogP contribution in [-0.2, 0) is 24.2 Å². The molecule has 36 heavy (non-hydrogen) atoms. The van der Waals surface area contributed by atoms with Gasteiger partial charge in [0.2, 0.25) is 11.9 Å². The quantitative estimate of drug-likeness (QED) is 0.415. The second kappa shape index (κ2) is 10.1. The summed E-state index contributed by atoms with van der Waals surface area (Å²) in [5, 5.41) is 18.6. The topological polar surface area (TPSA) is 119 Å². The van der Waals surface area contributed by atoms with Gasteiger partial charge in [-0.15, -0.1) is 0 Å². The van der Waals surface area contributed by atoms with Crippen LogP contribution in [0.25, 0.3) is 0 Å². The van der Waals surface area contributed by atoms with Gasteiger partial charge in [0.05, 0.1) is 29.9 Å². The van der Waals surface area contributed by atoms with Gasteiger partial charge in [-0.1, -0.05) is 17.7 Å². The van der Waals surface area contributed by atoms with Crippen LogP contribution in [-0.4, -0.2) is 45.1 Å². The fraction of sp³-hybridized carbons (Fsp3) is 0.280. The van der Waals surface area contributed by atoms with Crippen LogP contribution in [0.15, 0.2) is 42.6 Å². The van der Waals surface area contributed by atoms with Crippen LogP contribution in [0.1, 0.15) is 34.8 Å². The van der Waals surface area contributed by atoms with Crippen LogP contribution < -0.4 is 16.0 Å². The molecule has 0 fully saturated rings. The summed E-state index contributed by atoms with van der Waals surface area (Å²) in [5.41, 5.74) is 4.86. The third kappa shape index (κ3) is 5.09. The third-order valence-electron chi connectivity index (χ3n) is 6.32. The van der Waals surface area contributed by atoms with E-state index in [1.807, 2.05) is 18.2 Å². The molecule has 1 atom stereocenters. The largest absolute Gasteiger partial charge is 0.394 e. The molecule has 0 unspecified atom stereocenters. The van der Waals surface area contributed by atoms with E-state index in [4.69, 9.17) is 11.6 Å². The molecule has 5 rings (SSSR count). The van der Waals surface area contributed by atoms with Crippen molar-refractivity contribution in [3.8, 4) is 0 Å². The number of aliphatic hydroxyl groups is 1. The van der Waals surface area contributed by atoms with Crippen LogP contribution >= 0.6 is 11.6 Å². The number of hydrogen-bond donors (Lipinski definition) is 4. The highest BCUT2D eigenvalue weighted by atomic mass is 35.5. The summed E-state index contributed by atoms with van der Waals surface area (Å²) >= 11 is 5.85. The Labute approximate surface area is 211 Å². The fourth-order valence-electron chi connectivity index (χ4n) is 4.33. The molecule has 3 amide bonds. The number of carbonyl (C=O) groups excluding carboxylic acids is 2. The number of hydrogen-bond acceptors (Lipinski definition) is 6. The summed E-state index contributed by atoms with van der Waals surface area (Å²) in [7, 11) is 0. The summed E-state index contributed by atoms with van der Waals surface area (Å²) in [6.07, 6.45) is 3.48. The first-order valence-electron chi connectivity index (χ1n) is 11.6. The Morgan fingerprint density at radius 2 is 2.06 bits per heavy atom. The summed E-state index contributed by atoms with van der Waals surface area (Å²) in [6.45, 7) is 0.379. The van der Waals surface area contributed by atoms with Gasteiger partial charge in [0.1, 0.15) is 5.82 Å². The van der Waals surface area contributed by atoms with E-state index in [1.54, 1.807) is 11.1 Å². The lowest BCUT2D eigenvalue weighted by Gasteiger charge is -2.30. The number of carbonyl (C=O) groups is 2. The van der Waals surface area contributed by atoms with E-state index in [2.05, 4.69) is 25.9 Å². The number of halogens is 2. The van der Waals surface area contributed by atoms with Gasteiger partial charge in [0.15, 0.2) is 0 Å². The van der Waals surface area contributed by atoms with Gasteiger partial charge in [0, 0.05) is 30.5 Å². The molecule has 0 aliphatic carbocycles. The number of urea groups is 1. The van der Waals surface area contributed by atoms with E-state index in [9.17, 15) is 19.1 Å². The van der Waals surface area contributed by atoms with Crippen LogP contribution in [0.5, 0.6) is 0 Å². The van der Waals surface area contributed by atoms with Crippen molar-refractivity contribution in [2.45, 2.75) is 31.8 Å². The van der Waals surface area contributed by atoms with E-state index in [0.29, 0.717) is 37.3 Å². The zero-order valence-electron chi connectivity index (χ0n) is 19.2. The molecule has 3 heterocycles. The normalized spacial score (nSPS) is 15.4. The molecule has 9 nitrogen and oxygen atoms in total. The number of fused-ring (bicyclic) bond motifs is 2. The SMILES string of the molecule is O=C1CCc2cc(Nc3ncc4c(n3)CN(C(=O)N[C@H](CO)c3ccc(F)c(Cl)c3)CC4)ccc2N1. The van der Waals surface area contributed by atoms with Gasteiger partial charge < -0.3 is 26.0 Å². The standard InChI is InChI=1S/C25H24ClFN6O3/c26-18-10-15(1-4-19(18)27)22(13-34)32-25(36)33-8-7-16-11-28-24(31-21(16)12-33)29-17-3-5-20-14(9-17)2-6-23(35)30-20/h1,3-5,9-11,22,34H,2,6-8,12-13H2,(H,30,35)(H,32,36)(H,28,29,31)/t22-/m1/s1. The maximum absolute atomic E-state index is 13.5. The number of rotatable bonds is 5. The molecule has 2 aliphatic heterocycles. The van der Waals surface area contributed by atoms with Crippen LogP contribution in [0.2, 0.25) is 5.02 Å². The first kappa shape index (κ1) is 24.0. The van der Waals surface area contributed by atoms with Crippen molar-refractivity contribution in [1.82, 2.24) is 20.2 Å². The van der Waals surface area contributed by atoms with Gasteiger partial charge in [-0.05, 0) is 59.9 Å². The van der Waals surface area contributed by atoms with Gasteiger partial charge in [-0.25, -0.2) is 19.2 Å². The molecule has 0 saturated heterocycles. The Hall–Kier alpha value is -3.76. The van der Waals surface area contributed by atoms with Crippen LogP contribution in [0.4, 0.5) is 26.5 Å². The van der Waals surface area contributed by atoms with Crippen molar-refractivity contribution in [2.75, 3.05) is 23.8 Å². The first-order chi connectivity index (χ1) is 17.4. The lowest BCUT2D eigenvalue weighted by atomic mass is 10.0. The molecular formula is C25H24ClFN6O3. The highest BCUT2D eigenvalue weighted by molar-refractivity contribution is 6.30. The molecule has 0 spiro atoms. The average molecular weight is 511 g/mol. The van der Waals surface area contributed by atoms with E-state index in [-0.39, 0.29) is 30.1 Å². The van der Waals surface area contributed by atoms with Crippen molar-refractivity contribution in [1.29, 1.82) is 0 Å².